The van der Waals surface area contributed by atoms with Gasteiger partial charge in [-0.3, -0.25) is 9.78 Å². The summed E-state index contributed by atoms with van der Waals surface area (Å²) in [7, 11) is 2.06. The van der Waals surface area contributed by atoms with Gasteiger partial charge in [0.05, 0.1) is 5.69 Å². The Bertz CT molecular complexity index is 1250. The number of hydrogen-bond donors (Lipinski definition) is 1. The molecule has 4 aromatic rings. The largest absolute Gasteiger partial charge is 0.360 e. The Morgan fingerprint density at radius 3 is 2.57 bits per heavy atom. The first-order valence-corrected chi connectivity index (χ1v) is 12.7. The normalized spacial score (nSPS) is 10.7. The van der Waals surface area contributed by atoms with Crippen LogP contribution in [0.2, 0.25) is 0 Å². The van der Waals surface area contributed by atoms with E-state index in [0.29, 0.717) is 17.9 Å². The Morgan fingerprint density at radius 2 is 1.80 bits per heavy atom. The average Bonchev–Trinajstić information content (AvgIpc) is 2.92. The summed E-state index contributed by atoms with van der Waals surface area (Å²) in [4.78, 5) is 28.5. The second kappa shape index (κ2) is 12.1. The number of nitrogens with one attached hydrogen (secondary N) is 1. The van der Waals surface area contributed by atoms with Gasteiger partial charge in [0.1, 0.15) is 5.82 Å². The molecule has 0 saturated carbocycles. The Hall–Kier alpha value is -3.71. The van der Waals surface area contributed by atoms with Crippen LogP contribution in [0.1, 0.15) is 34.8 Å². The van der Waals surface area contributed by atoms with E-state index in [0.717, 1.165) is 46.3 Å². The van der Waals surface area contributed by atoms with Crippen molar-refractivity contribution in [1.29, 1.82) is 0 Å². The van der Waals surface area contributed by atoms with Gasteiger partial charge in [0, 0.05) is 55.5 Å². The molecule has 178 valence electrons. The van der Waals surface area contributed by atoms with Crippen LogP contribution in [0, 0.1) is 0 Å². The highest BCUT2D eigenvalue weighted by Crippen LogP contribution is 2.27. The van der Waals surface area contributed by atoms with Gasteiger partial charge in [0.15, 0.2) is 5.16 Å². The van der Waals surface area contributed by atoms with Crippen LogP contribution in [-0.4, -0.2) is 34.5 Å². The number of nitrogens with zero attached hydrogens (tertiary/aromatic N) is 4. The molecular formula is C28H29N5OS. The number of pyridine rings is 1. The molecule has 0 atom stereocenters. The fourth-order valence-corrected chi connectivity index (χ4v) is 4.41. The Kier molecular flexibility index (Phi) is 8.46. The van der Waals surface area contributed by atoms with E-state index < -0.39 is 0 Å². The number of amides is 1. The van der Waals surface area contributed by atoms with E-state index >= 15 is 0 Å². The standard InChI is InChI=1S/C28H29N5OS/c1-3-15-33(2)26-17-25(23-11-5-4-6-12-23)31-28(32-26)35-20-21-9-7-13-24(16-21)27(34)30-19-22-10-8-14-29-18-22/h4-14,16-18H,3,15,19-20H2,1-2H3,(H,30,34). The monoisotopic (exact) mass is 483 g/mol. The molecule has 35 heavy (non-hydrogen) atoms. The summed E-state index contributed by atoms with van der Waals surface area (Å²) in [5, 5.41) is 3.68. The zero-order chi connectivity index (χ0) is 24.5. The van der Waals surface area contributed by atoms with Crippen molar-refractivity contribution in [2.45, 2.75) is 30.8 Å². The molecule has 2 aromatic heterocycles. The van der Waals surface area contributed by atoms with Crippen LogP contribution in [0.25, 0.3) is 11.3 Å². The minimum absolute atomic E-state index is 0.105. The maximum atomic E-state index is 12.7. The molecule has 2 heterocycles. The first-order valence-electron chi connectivity index (χ1n) is 11.7. The predicted octanol–water partition coefficient (Wildman–Crippen LogP) is 5.61. The molecule has 1 N–H and O–H groups in total. The first-order chi connectivity index (χ1) is 17.1. The van der Waals surface area contributed by atoms with Crippen molar-refractivity contribution in [2.75, 3.05) is 18.5 Å². The molecule has 4 rings (SSSR count). The molecule has 0 aliphatic rings. The molecule has 2 aromatic carbocycles. The second-order valence-corrected chi connectivity index (χ2v) is 9.16. The lowest BCUT2D eigenvalue weighted by Crippen LogP contribution is -2.22. The highest BCUT2D eigenvalue weighted by atomic mass is 32.2. The van der Waals surface area contributed by atoms with Crippen molar-refractivity contribution in [3.05, 3.63) is 102 Å². The number of benzene rings is 2. The van der Waals surface area contributed by atoms with Crippen molar-refractivity contribution in [3.63, 3.8) is 0 Å². The number of carbonyl (C=O) groups is 1. The molecule has 1 amide bonds. The summed E-state index contributed by atoms with van der Waals surface area (Å²) in [5.41, 5.74) is 4.61. The highest BCUT2D eigenvalue weighted by molar-refractivity contribution is 7.98. The minimum atomic E-state index is -0.105. The number of hydrogen-bond acceptors (Lipinski definition) is 6. The fraction of sp³-hybridized carbons (Fsp3) is 0.214. The third-order valence-corrected chi connectivity index (χ3v) is 6.36. The molecule has 0 aliphatic carbocycles. The van der Waals surface area contributed by atoms with E-state index in [1.54, 1.807) is 24.2 Å². The third-order valence-electron chi connectivity index (χ3n) is 5.44. The van der Waals surface area contributed by atoms with Gasteiger partial charge in [0.2, 0.25) is 0 Å². The molecule has 0 saturated heterocycles. The van der Waals surface area contributed by atoms with Gasteiger partial charge in [-0.1, -0.05) is 67.2 Å². The Labute approximate surface area is 210 Å². The van der Waals surface area contributed by atoms with Gasteiger partial charge in [-0.15, -0.1) is 0 Å². The maximum absolute atomic E-state index is 12.7. The van der Waals surface area contributed by atoms with E-state index in [-0.39, 0.29) is 5.91 Å². The lowest BCUT2D eigenvalue weighted by atomic mass is 10.1. The van der Waals surface area contributed by atoms with Crippen molar-refractivity contribution >= 4 is 23.5 Å². The summed E-state index contributed by atoms with van der Waals surface area (Å²) >= 11 is 1.57. The van der Waals surface area contributed by atoms with Crippen LogP contribution in [0.4, 0.5) is 5.82 Å². The molecule has 6 nitrogen and oxygen atoms in total. The van der Waals surface area contributed by atoms with E-state index in [4.69, 9.17) is 9.97 Å². The van der Waals surface area contributed by atoms with Gasteiger partial charge >= 0.3 is 0 Å². The minimum Gasteiger partial charge on any atom is -0.360 e. The second-order valence-electron chi connectivity index (χ2n) is 8.21. The lowest BCUT2D eigenvalue weighted by Gasteiger charge is -2.18. The number of aromatic nitrogens is 3. The lowest BCUT2D eigenvalue weighted by molar-refractivity contribution is 0.0951. The predicted molar refractivity (Wildman–Crippen MR) is 142 cm³/mol. The molecule has 0 aliphatic heterocycles. The molecule has 0 unspecified atom stereocenters. The van der Waals surface area contributed by atoms with Gasteiger partial charge in [-0.05, 0) is 35.7 Å². The van der Waals surface area contributed by atoms with Crippen molar-refractivity contribution in [3.8, 4) is 11.3 Å². The summed E-state index contributed by atoms with van der Waals surface area (Å²) < 4.78 is 0. The fourth-order valence-electron chi connectivity index (χ4n) is 3.62. The van der Waals surface area contributed by atoms with Gasteiger partial charge in [0.25, 0.3) is 5.91 Å². The number of carbonyl (C=O) groups excluding carboxylic acids is 1. The number of thioether (sulfide) groups is 1. The summed E-state index contributed by atoms with van der Waals surface area (Å²) in [6, 6.07) is 23.7. The Morgan fingerprint density at radius 1 is 0.971 bits per heavy atom. The van der Waals surface area contributed by atoms with E-state index in [1.165, 1.54) is 0 Å². The molecule has 0 radical (unpaired) electrons. The van der Waals surface area contributed by atoms with Crippen molar-refractivity contribution in [1.82, 2.24) is 20.3 Å². The van der Waals surface area contributed by atoms with Crippen LogP contribution >= 0.6 is 11.8 Å². The zero-order valence-electron chi connectivity index (χ0n) is 20.0. The summed E-state index contributed by atoms with van der Waals surface area (Å²) in [6.45, 7) is 3.52. The average molecular weight is 484 g/mol. The SMILES string of the molecule is CCCN(C)c1cc(-c2ccccc2)nc(SCc2cccc(C(=O)NCc3cccnc3)c2)n1. The van der Waals surface area contributed by atoms with Gasteiger partial charge in [-0.2, -0.15) is 0 Å². The maximum Gasteiger partial charge on any atom is 0.251 e. The van der Waals surface area contributed by atoms with E-state index in [9.17, 15) is 4.79 Å². The molecule has 0 spiro atoms. The summed E-state index contributed by atoms with van der Waals surface area (Å²) in [5.74, 6) is 1.47. The number of rotatable bonds is 10. The molecule has 0 bridgehead atoms. The van der Waals surface area contributed by atoms with Crippen molar-refractivity contribution in [2.24, 2.45) is 0 Å². The zero-order valence-corrected chi connectivity index (χ0v) is 20.8. The quantitative estimate of drug-likeness (QED) is 0.234. The Balaban J connectivity index is 1.47. The highest BCUT2D eigenvalue weighted by Gasteiger charge is 2.12. The molecule has 0 fully saturated rings. The third kappa shape index (κ3) is 6.90. The van der Waals surface area contributed by atoms with Crippen LogP contribution in [0.3, 0.4) is 0 Å². The topological polar surface area (TPSA) is 71.0 Å². The van der Waals surface area contributed by atoms with Crippen LogP contribution in [0.5, 0.6) is 0 Å². The summed E-state index contributed by atoms with van der Waals surface area (Å²) in [6.07, 6.45) is 4.51. The van der Waals surface area contributed by atoms with Crippen LogP contribution in [-0.2, 0) is 12.3 Å². The first kappa shape index (κ1) is 24.4. The van der Waals surface area contributed by atoms with Gasteiger partial charge in [-0.25, -0.2) is 9.97 Å². The molecule has 7 heteroatoms. The smallest absolute Gasteiger partial charge is 0.251 e. The molecular weight excluding hydrogens is 454 g/mol. The number of anilines is 1. The van der Waals surface area contributed by atoms with Crippen molar-refractivity contribution < 1.29 is 4.79 Å². The van der Waals surface area contributed by atoms with Crippen LogP contribution in [0.15, 0.2) is 90.3 Å². The van der Waals surface area contributed by atoms with Gasteiger partial charge < -0.3 is 10.2 Å². The van der Waals surface area contributed by atoms with E-state index in [1.807, 2.05) is 60.7 Å². The van der Waals surface area contributed by atoms with E-state index in [2.05, 4.69) is 41.3 Å². The van der Waals surface area contributed by atoms with Crippen LogP contribution < -0.4 is 10.2 Å².